The summed E-state index contributed by atoms with van der Waals surface area (Å²) in [6.07, 6.45) is 3.90. The van der Waals surface area contributed by atoms with Crippen molar-refractivity contribution in [3.8, 4) is 16.3 Å². The van der Waals surface area contributed by atoms with Crippen molar-refractivity contribution < 1.29 is 0 Å². The standard InChI is InChI=1S/C21H28ClN7S/c1-20(2)11-14(12-21(3,4)27-20)28(5)19-25-24-18(30-19)15-7-6-13(10-16(15)22)29-9-8-17(23)26-29/h6-10,14,27H,11-12H2,1-5H3,(H2,23,26). The Hall–Kier alpha value is -2.16. The van der Waals surface area contributed by atoms with E-state index in [0.717, 1.165) is 34.2 Å². The average molecular weight is 446 g/mol. The fraction of sp³-hybridized carbons (Fsp3) is 0.476. The number of benzene rings is 1. The molecule has 0 spiro atoms. The van der Waals surface area contributed by atoms with Gasteiger partial charge in [0.05, 0.1) is 10.7 Å². The molecule has 3 N–H and O–H groups in total. The second-order valence-corrected chi connectivity index (χ2v) is 10.7. The molecule has 3 heterocycles. The van der Waals surface area contributed by atoms with Gasteiger partial charge in [-0.1, -0.05) is 22.9 Å². The third-order valence-electron chi connectivity index (χ3n) is 5.49. The van der Waals surface area contributed by atoms with Crippen molar-refractivity contribution in [1.82, 2.24) is 25.3 Å². The molecule has 7 nitrogen and oxygen atoms in total. The summed E-state index contributed by atoms with van der Waals surface area (Å²) in [6, 6.07) is 7.91. The molecular formula is C21H28ClN7S. The van der Waals surface area contributed by atoms with Crippen LogP contribution in [0.4, 0.5) is 10.9 Å². The summed E-state index contributed by atoms with van der Waals surface area (Å²) in [5.74, 6) is 0.469. The van der Waals surface area contributed by atoms with Crippen molar-refractivity contribution in [2.45, 2.75) is 57.7 Å². The molecule has 1 saturated heterocycles. The van der Waals surface area contributed by atoms with Crippen LogP contribution in [0.3, 0.4) is 0 Å². The largest absolute Gasteiger partial charge is 0.382 e. The molecule has 0 bridgehead atoms. The van der Waals surface area contributed by atoms with E-state index in [1.165, 1.54) is 0 Å². The van der Waals surface area contributed by atoms with E-state index in [0.29, 0.717) is 16.9 Å². The molecule has 3 aromatic rings. The van der Waals surface area contributed by atoms with Crippen LogP contribution >= 0.6 is 22.9 Å². The molecule has 2 aromatic heterocycles. The number of hydrogen-bond acceptors (Lipinski definition) is 7. The van der Waals surface area contributed by atoms with Gasteiger partial charge >= 0.3 is 0 Å². The Bertz CT molecular complexity index is 1040. The minimum Gasteiger partial charge on any atom is -0.382 e. The van der Waals surface area contributed by atoms with Crippen LogP contribution in [0.25, 0.3) is 16.3 Å². The van der Waals surface area contributed by atoms with E-state index in [9.17, 15) is 0 Å². The lowest BCUT2D eigenvalue weighted by Crippen LogP contribution is -2.61. The SMILES string of the molecule is CN(c1nnc(-c2ccc(-n3ccc(N)n3)cc2Cl)s1)C1CC(C)(C)NC(C)(C)C1. The van der Waals surface area contributed by atoms with Crippen LogP contribution in [-0.2, 0) is 0 Å². The van der Waals surface area contributed by atoms with Gasteiger partial charge in [0.25, 0.3) is 0 Å². The number of hydrogen-bond donors (Lipinski definition) is 2. The van der Waals surface area contributed by atoms with Crippen LogP contribution < -0.4 is 16.0 Å². The molecule has 160 valence electrons. The average Bonchev–Trinajstić information content (AvgIpc) is 3.27. The van der Waals surface area contributed by atoms with E-state index in [2.05, 4.69) is 60.3 Å². The van der Waals surface area contributed by atoms with E-state index in [-0.39, 0.29) is 11.1 Å². The third kappa shape index (κ3) is 4.31. The van der Waals surface area contributed by atoms with E-state index < -0.39 is 0 Å². The highest BCUT2D eigenvalue weighted by atomic mass is 35.5. The lowest BCUT2D eigenvalue weighted by molar-refractivity contribution is 0.161. The van der Waals surface area contributed by atoms with E-state index in [1.54, 1.807) is 28.3 Å². The van der Waals surface area contributed by atoms with E-state index >= 15 is 0 Å². The molecule has 1 aromatic carbocycles. The Balaban J connectivity index is 1.57. The maximum atomic E-state index is 6.58. The van der Waals surface area contributed by atoms with Crippen LogP contribution in [0, 0.1) is 0 Å². The predicted molar refractivity (Wildman–Crippen MR) is 125 cm³/mol. The van der Waals surface area contributed by atoms with Crippen molar-refractivity contribution in [2.24, 2.45) is 0 Å². The molecule has 0 amide bonds. The molecule has 30 heavy (non-hydrogen) atoms. The molecule has 1 aliphatic heterocycles. The van der Waals surface area contributed by atoms with Gasteiger partial charge in [-0.15, -0.1) is 10.2 Å². The Labute approximate surface area is 186 Å². The summed E-state index contributed by atoms with van der Waals surface area (Å²) in [7, 11) is 2.11. The van der Waals surface area contributed by atoms with Crippen molar-refractivity contribution in [3.05, 3.63) is 35.5 Å². The molecule has 4 rings (SSSR count). The fourth-order valence-electron chi connectivity index (χ4n) is 4.47. The van der Waals surface area contributed by atoms with Gasteiger partial charge in [-0.3, -0.25) is 0 Å². The highest BCUT2D eigenvalue weighted by molar-refractivity contribution is 7.18. The Morgan fingerprint density at radius 3 is 2.47 bits per heavy atom. The molecule has 0 saturated carbocycles. The van der Waals surface area contributed by atoms with Gasteiger partial charge in [0.1, 0.15) is 5.82 Å². The number of halogens is 1. The van der Waals surface area contributed by atoms with Gasteiger partial charge in [-0.2, -0.15) is 5.10 Å². The zero-order valence-corrected chi connectivity index (χ0v) is 19.6. The number of nitrogens with one attached hydrogen (secondary N) is 1. The van der Waals surface area contributed by atoms with Crippen molar-refractivity contribution >= 4 is 33.9 Å². The lowest BCUT2D eigenvalue weighted by atomic mass is 9.79. The fourth-order valence-corrected chi connectivity index (χ4v) is 5.70. The zero-order valence-electron chi connectivity index (χ0n) is 18.0. The van der Waals surface area contributed by atoms with Gasteiger partial charge < -0.3 is 16.0 Å². The van der Waals surface area contributed by atoms with E-state index in [4.69, 9.17) is 17.3 Å². The molecule has 0 unspecified atom stereocenters. The molecule has 1 fully saturated rings. The molecule has 1 aliphatic rings. The molecular weight excluding hydrogens is 418 g/mol. The van der Waals surface area contributed by atoms with Crippen LogP contribution in [-0.4, -0.2) is 44.1 Å². The van der Waals surface area contributed by atoms with Gasteiger partial charge in [0, 0.05) is 42.0 Å². The number of nitrogens with two attached hydrogens (primary N) is 1. The normalized spacial score (nSPS) is 18.5. The van der Waals surface area contributed by atoms with Crippen LogP contribution in [0.15, 0.2) is 30.5 Å². The highest BCUT2D eigenvalue weighted by Crippen LogP contribution is 2.37. The molecule has 9 heteroatoms. The first-order valence-corrected chi connectivity index (χ1v) is 11.2. The first kappa shape index (κ1) is 21.1. The molecule has 0 atom stereocenters. The van der Waals surface area contributed by atoms with Crippen molar-refractivity contribution in [2.75, 3.05) is 17.7 Å². The number of rotatable bonds is 4. The van der Waals surface area contributed by atoms with Gasteiger partial charge in [-0.25, -0.2) is 4.68 Å². The van der Waals surface area contributed by atoms with Crippen molar-refractivity contribution in [3.63, 3.8) is 0 Å². The summed E-state index contributed by atoms with van der Waals surface area (Å²) in [5, 5.41) is 19.2. The number of anilines is 2. The second kappa shape index (κ2) is 7.51. The topological polar surface area (TPSA) is 84.9 Å². The number of nitrogen functional groups attached to an aromatic ring is 1. The zero-order chi connectivity index (χ0) is 21.7. The minimum atomic E-state index is 0.0726. The van der Waals surface area contributed by atoms with Crippen LogP contribution in [0.5, 0.6) is 0 Å². The first-order chi connectivity index (χ1) is 14.0. The Kier molecular flexibility index (Phi) is 5.28. The van der Waals surface area contributed by atoms with E-state index in [1.807, 2.05) is 18.2 Å². The first-order valence-electron chi connectivity index (χ1n) is 10.0. The third-order valence-corrected chi connectivity index (χ3v) is 6.85. The number of aromatic nitrogens is 4. The quantitative estimate of drug-likeness (QED) is 0.620. The van der Waals surface area contributed by atoms with Crippen LogP contribution in [0.2, 0.25) is 5.02 Å². The maximum absolute atomic E-state index is 6.58. The van der Waals surface area contributed by atoms with Gasteiger partial charge in [-0.05, 0) is 58.7 Å². The summed E-state index contributed by atoms with van der Waals surface area (Å²) in [4.78, 5) is 2.26. The Morgan fingerprint density at radius 2 is 1.87 bits per heavy atom. The molecule has 0 aliphatic carbocycles. The van der Waals surface area contributed by atoms with Gasteiger partial charge in [0.2, 0.25) is 5.13 Å². The highest BCUT2D eigenvalue weighted by Gasteiger charge is 2.39. The maximum Gasteiger partial charge on any atom is 0.208 e. The summed E-state index contributed by atoms with van der Waals surface area (Å²) < 4.78 is 1.70. The molecule has 0 radical (unpaired) electrons. The summed E-state index contributed by atoms with van der Waals surface area (Å²) in [6.45, 7) is 9.04. The minimum absolute atomic E-state index is 0.0726. The number of nitrogens with zero attached hydrogens (tertiary/aromatic N) is 5. The van der Waals surface area contributed by atoms with Crippen molar-refractivity contribution in [1.29, 1.82) is 0 Å². The van der Waals surface area contributed by atoms with Gasteiger partial charge in [0.15, 0.2) is 5.01 Å². The monoisotopic (exact) mass is 445 g/mol. The summed E-state index contributed by atoms with van der Waals surface area (Å²) in [5.41, 5.74) is 7.57. The lowest BCUT2D eigenvalue weighted by Gasteiger charge is -2.48. The second-order valence-electron chi connectivity index (χ2n) is 9.30. The number of piperidine rings is 1. The Morgan fingerprint density at radius 1 is 1.17 bits per heavy atom. The summed E-state index contributed by atoms with van der Waals surface area (Å²) >= 11 is 8.14. The van der Waals surface area contributed by atoms with Crippen LogP contribution in [0.1, 0.15) is 40.5 Å². The predicted octanol–water partition coefficient (Wildman–Crippen LogP) is 4.37. The smallest absolute Gasteiger partial charge is 0.208 e.